The Kier molecular flexibility index (Phi) is 2.69. The van der Waals surface area contributed by atoms with Crippen LogP contribution in [0.3, 0.4) is 0 Å². The lowest BCUT2D eigenvalue weighted by molar-refractivity contribution is 0.574. The Bertz CT molecular complexity index is 518. The molecule has 2 N–H and O–H groups in total. The third kappa shape index (κ3) is 2.05. The first-order valence-corrected chi connectivity index (χ1v) is 5.79. The van der Waals surface area contributed by atoms with Gasteiger partial charge in [-0.3, -0.25) is 0 Å². The van der Waals surface area contributed by atoms with Gasteiger partial charge in [0.2, 0.25) is 0 Å². The van der Waals surface area contributed by atoms with Crippen molar-refractivity contribution in [2.24, 2.45) is 7.05 Å². The van der Waals surface area contributed by atoms with Crippen LogP contribution in [0.4, 0.5) is 5.82 Å². The molecule has 0 aliphatic rings. The van der Waals surface area contributed by atoms with Crippen molar-refractivity contribution in [2.45, 2.75) is 26.2 Å². The number of nitrogens with two attached hydrogens (primary N) is 1. The van der Waals surface area contributed by atoms with Crippen LogP contribution in [0.5, 0.6) is 0 Å². The van der Waals surface area contributed by atoms with E-state index < -0.39 is 0 Å². The molecule has 0 aliphatic carbocycles. The second-order valence-electron chi connectivity index (χ2n) is 5.34. The van der Waals surface area contributed by atoms with Crippen molar-refractivity contribution in [3.05, 3.63) is 36.0 Å². The molecule has 0 spiro atoms. The second-order valence-corrected chi connectivity index (χ2v) is 5.34. The smallest absolute Gasteiger partial charge is 0.141 e. The van der Waals surface area contributed by atoms with Gasteiger partial charge in [-0.2, -0.15) is 0 Å². The molecule has 3 heteroatoms. The van der Waals surface area contributed by atoms with E-state index in [1.165, 1.54) is 0 Å². The second kappa shape index (κ2) is 3.91. The standard InChI is InChI=1S/C14H19N3/c1-14(2,3)11-12(15)17(4)13(16-11)10-8-6-5-7-9-10/h5-9H,15H2,1-4H3. The van der Waals surface area contributed by atoms with Crippen molar-refractivity contribution in [1.29, 1.82) is 0 Å². The van der Waals surface area contributed by atoms with Crippen molar-refractivity contribution >= 4 is 5.82 Å². The van der Waals surface area contributed by atoms with Crippen molar-refractivity contribution in [1.82, 2.24) is 9.55 Å². The zero-order chi connectivity index (χ0) is 12.6. The lowest BCUT2D eigenvalue weighted by atomic mass is 9.92. The van der Waals surface area contributed by atoms with Crippen LogP contribution in [0, 0.1) is 0 Å². The molecule has 2 aromatic rings. The van der Waals surface area contributed by atoms with E-state index in [-0.39, 0.29) is 5.41 Å². The largest absolute Gasteiger partial charge is 0.384 e. The number of nitrogens with zero attached hydrogens (tertiary/aromatic N) is 2. The van der Waals surface area contributed by atoms with E-state index >= 15 is 0 Å². The minimum atomic E-state index is -0.0329. The highest BCUT2D eigenvalue weighted by Gasteiger charge is 2.23. The Labute approximate surface area is 102 Å². The van der Waals surface area contributed by atoms with Gasteiger partial charge in [-0.1, -0.05) is 51.1 Å². The lowest BCUT2D eigenvalue weighted by Gasteiger charge is -2.15. The SMILES string of the molecule is Cn1c(-c2ccccc2)nc(C(C)(C)C)c1N. The van der Waals surface area contributed by atoms with E-state index in [0.29, 0.717) is 0 Å². The van der Waals surface area contributed by atoms with Crippen LogP contribution < -0.4 is 5.73 Å². The van der Waals surface area contributed by atoms with Gasteiger partial charge in [-0.05, 0) is 0 Å². The number of imidazole rings is 1. The molecule has 3 nitrogen and oxygen atoms in total. The van der Waals surface area contributed by atoms with Gasteiger partial charge in [0, 0.05) is 18.0 Å². The van der Waals surface area contributed by atoms with Crippen LogP contribution in [0.25, 0.3) is 11.4 Å². The number of hydrogen-bond acceptors (Lipinski definition) is 2. The maximum atomic E-state index is 6.13. The number of rotatable bonds is 1. The van der Waals surface area contributed by atoms with Crippen molar-refractivity contribution < 1.29 is 0 Å². The molecule has 0 unspecified atom stereocenters. The Morgan fingerprint density at radius 2 is 1.71 bits per heavy atom. The van der Waals surface area contributed by atoms with Crippen LogP contribution in [0.15, 0.2) is 30.3 Å². The van der Waals surface area contributed by atoms with Crippen molar-refractivity contribution in [3.63, 3.8) is 0 Å². The van der Waals surface area contributed by atoms with E-state index in [1.807, 2.05) is 41.9 Å². The fraction of sp³-hybridized carbons (Fsp3) is 0.357. The Balaban J connectivity index is 2.59. The van der Waals surface area contributed by atoms with Crippen molar-refractivity contribution in [3.8, 4) is 11.4 Å². The zero-order valence-electron chi connectivity index (χ0n) is 10.9. The molecule has 0 aliphatic heterocycles. The van der Waals surface area contributed by atoms with E-state index in [1.54, 1.807) is 0 Å². The average Bonchev–Trinajstić information content (AvgIpc) is 2.57. The van der Waals surface area contributed by atoms with Gasteiger partial charge < -0.3 is 10.3 Å². The molecule has 0 bridgehead atoms. The first-order valence-electron chi connectivity index (χ1n) is 5.79. The maximum absolute atomic E-state index is 6.13. The highest BCUT2D eigenvalue weighted by Crippen LogP contribution is 2.30. The summed E-state index contributed by atoms with van der Waals surface area (Å²) in [6.07, 6.45) is 0. The Morgan fingerprint density at radius 3 is 2.18 bits per heavy atom. The number of aromatic nitrogens is 2. The molecule has 2 rings (SSSR count). The molecule has 1 heterocycles. The van der Waals surface area contributed by atoms with E-state index in [2.05, 4.69) is 25.8 Å². The average molecular weight is 229 g/mol. The van der Waals surface area contributed by atoms with Gasteiger partial charge in [-0.25, -0.2) is 4.98 Å². The highest BCUT2D eigenvalue weighted by molar-refractivity contribution is 5.61. The molecule has 0 atom stereocenters. The molecular formula is C14H19N3. The molecule has 1 aromatic heterocycles. The third-order valence-electron chi connectivity index (χ3n) is 2.88. The normalized spacial score (nSPS) is 11.8. The summed E-state index contributed by atoms with van der Waals surface area (Å²) in [6, 6.07) is 10.1. The lowest BCUT2D eigenvalue weighted by Crippen LogP contribution is -2.14. The summed E-state index contributed by atoms with van der Waals surface area (Å²) < 4.78 is 1.95. The van der Waals surface area contributed by atoms with Gasteiger partial charge in [0.1, 0.15) is 11.6 Å². The van der Waals surface area contributed by atoms with Crippen LogP contribution in [-0.4, -0.2) is 9.55 Å². The third-order valence-corrected chi connectivity index (χ3v) is 2.88. The molecule has 0 fully saturated rings. The fourth-order valence-electron chi connectivity index (χ4n) is 1.91. The monoisotopic (exact) mass is 229 g/mol. The van der Waals surface area contributed by atoms with Crippen LogP contribution >= 0.6 is 0 Å². The summed E-state index contributed by atoms with van der Waals surface area (Å²) in [5, 5.41) is 0. The molecule has 90 valence electrons. The minimum absolute atomic E-state index is 0.0329. The molecule has 0 saturated heterocycles. The van der Waals surface area contributed by atoms with Gasteiger partial charge in [0.05, 0.1) is 5.69 Å². The molecule has 0 amide bonds. The van der Waals surface area contributed by atoms with Crippen LogP contribution in [0.1, 0.15) is 26.5 Å². The molecule has 0 radical (unpaired) electrons. The number of hydrogen-bond donors (Lipinski definition) is 1. The summed E-state index contributed by atoms with van der Waals surface area (Å²) in [5.74, 6) is 1.67. The first-order chi connectivity index (χ1) is 7.91. The first kappa shape index (κ1) is 11.7. The summed E-state index contributed by atoms with van der Waals surface area (Å²) in [6.45, 7) is 6.38. The van der Waals surface area contributed by atoms with Gasteiger partial charge in [0.15, 0.2) is 0 Å². The Morgan fingerprint density at radius 1 is 1.12 bits per heavy atom. The summed E-state index contributed by atoms with van der Waals surface area (Å²) >= 11 is 0. The topological polar surface area (TPSA) is 43.8 Å². The van der Waals surface area contributed by atoms with E-state index in [4.69, 9.17) is 5.73 Å². The number of nitrogen functional groups attached to an aromatic ring is 1. The predicted octanol–water partition coefficient (Wildman–Crippen LogP) is 2.97. The Hall–Kier alpha value is -1.77. The molecule has 17 heavy (non-hydrogen) atoms. The number of anilines is 1. The van der Waals surface area contributed by atoms with Gasteiger partial charge >= 0.3 is 0 Å². The highest BCUT2D eigenvalue weighted by atomic mass is 15.1. The maximum Gasteiger partial charge on any atom is 0.141 e. The quantitative estimate of drug-likeness (QED) is 0.817. The predicted molar refractivity (Wildman–Crippen MR) is 71.8 cm³/mol. The van der Waals surface area contributed by atoms with Gasteiger partial charge in [-0.15, -0.1) is 0 Å². The van der Waals surface area contributed by atoms with Crippen LogP contribution in [-0.2, 0) is 12.5 Å². The molecule has 0 saturated carbocycles. The summed E-state index contributed by atoms with van der Waals surface area (Å²) in [5.41, 5.74) is 8.15. The summed E-state index contributed by atoms with van der Waals surface area (Å²) in [4.78, 5) is 4.69. The zero-order valence-corrected chi connectivity index (χ0v) is 10.9. The van der Waals surface area contributed by atoms with E-state index in [9.17, 15) is 0 Å². The summed E-state index contributed by atoms with van der Waals surface area (Å²) in [7, 11) is 1.96. The van der Waals surface area contributed by atoms with Crippen molar-refractivity contribution in [2.75, 3.05) is 5.73 Å². The number of benzene rings is 1. The minimum Gasteiger partial charge on any atom is -0.384 e. The van der Waals surface area contributed by atoms with E-state index in [0.717, 1.165) is 22.9 Å². The molecule has 1 aromatic carbocycles. The van der Waals surface area contributed by atoms with Gasteiger partial charge in [0.25, 0.3) is 0 Å². The van der Waals surface area contributed by atoms with Crippen LogP contribution in [0.2, 0.25) is 0 Å². The fourth-order valence-corrected chi connectivity index (χ4v) is 1.91. The molecular weight excluding hydrogens is 210 g/mol.